The topological polar surface area (TPSA) is 12.9 Å². The van der Waals surface area contributed by atoms with Crippen molar-refractivity contribution in [1.82, 2.24) is 4.98 Å². The summed E-state index contributed by atoms with van der Waals surface area (Å²) in [6.45, 7) is 2.11. The second-order valence-corrected chi connectivity index (χ2v) is 5.24. The zero-order chi connectivity index (χ0) is 19.1. The van der Waals surface area contributed by atoms with E-state index < -0.39 is 48.2 Å². The maximum atomic E-state index is 13.1. The molecule has 0 fully saturated rings. The van der Waals surface area contributed by atoms with Crippen molar-refractivity contribution >= 4 is 0 Å². The number of hydrogen-bond donors (Lipinski definition) is 0. The summed E-state index contributed by atoms with van der Waals surface area (Å²) >= 11 is 0. The molecule has 0 amide bonds. The molecule has 0 aliphatic heterocycles. The number of hydrogen-bond acceptors (Lipinski definition) is 1. The highest BCUT2D eigenvalue weighted by atomic mass is 19.4. The molecule has 1 heterocycles. The summed E-state index contributed by atoms with van der Waals surface area (Å²) in [6.07, 6.45) is -15.6. The van der Waals surface area contributed by atoms with Crippen LogP contribution in [0.25, 0.3) is 0 Å². The molecule has 0 spiro atoms. The van der Waals surface area contributed by atoms with E-state index in [1.54, 1.807) is 0 Å². The first-order chi connectivity index (χ1) is 10.5. The van der Waals surface area contributed by atoms with Crippen LogP contribution in [-0.4, -0.2) is 29.2 Å². The molecule has 0 N–H and O–H groups in total. The standard InChI is InChI=1S/C13H11F10N/c1-6-8(4-10(14,15)12(18,19)20)3-9(7(2)24-6)5-11(16,17)13(21,22)23/h3H,4-5H2,1-2H3. The highest BCUT2D eigenvalue weighted by molar-refractivity contribution is 5.31. The van der Waals surface area contributed by atoms with Crippen LogP contribution < -0.4 is 0 Å². The third-order valence-electron chi connectivity index (χ3n) is 3.27. The minimum atomic E-state index is -5.89. The first-order valence-electron chi connectivity index (χ1n) is 6.33. The van der Waals surface area contributed by atoms with E-state index in [0.29, 0.717) is 6.07 Å². The van der Waals surface area contributed by atoms with E-state index >= 15 is 0 Å². The SMILES string of the molecule is Cc1nc(C)c(CC(F)(F)C(F)(F)F)cc1CC(F)(F)C(F)(F)F. The predicted molar refractivity (Wildman–Crippen MR) is 63.1 cm³/mol. The minimum absolute atomic E-state index is 0.310. The number of pyridine rings is 1. The molecule has 11 heteroatoms. The lowest BCUT2D eigenvalue weighted by molar-refractivity contribution is -0.281. The Kier molecular flexibility index (Phi) is 5.18. The van der Waals surface area contributed by atoms with E-state index in [9.17, 15) is 43.9 Å². The Labute approximate surface area is 129 Å². The largest absolute Gasteiger partial charge is 0.453 e. The predicted octanol–water partition coefficient (Wildman–Crippen LogP) is 5.18. The fourth-order valence-corrected chi connectivity index (χ4v) is 1.85. The lowest BCUT2D eigenvalue weighted by Crippen LogP contribution is -2.39. The summed E-state index contributed by atoms with van der Waals surface area (Å²) in [7, 11) is 0. The molecule has 0 aliphatic rings. The number of nitrogens with zero attached hydrogens (tertiary/aromatic N) is 1. The molecule has 0 saturated heterocycles. The Balaban J connectivity index is 3.24. The first kappa shape index (κ1) is 20.5. The lowest BCUT2D eigenvalue weighted by atomic mass is 9.98. The molecule has 0 aromatic carbocycles. The van der Waals surface area contributed by atoms with Gasteiger partial charge in [-0.15, -0.1) is 0 Å². The van der Waals surface area contributed by atoms with Crippen LogP contribution >= 0.6 is 0 Å². The molecule has 1 rings (SSSR count). The Morgan fingerprint density at radius 1 is 0.667 bits per heavy atom. The summed E-state index contributed by atoms with van der Waals surface area (Å²) in [5.41, 5.74) is -2.13. The smallest absolute Gasteiger partial charge is 0.258 e. The van der Waals surface area contributed by atoms with Crippen molar-refractivity contribution in [3.8, 4) is 0 Å². The molecular weight excluding hydrogens is 360 g/mol. The molecule has 0 atom stereocenters. The van der Waals surface area contributed by atoms with Gasteiger partial charge in [0.2, 0.25) is 0 Å². The van der Waals surface area contributed by atoms with Gasteiger partial charge in [-0.2, -0.15) is 43.9 Å². The van der Waals surface area contributed by atoms with Crippen molar-refractivity contribution < 1.29 is 43.9 Å². The molecule has 1 aromatic heterocycles. The summed E-state index contributed by atoms with van der Waals surface area (Å²) < 4.78 is 126. The van der Waals surface area contributed by atoms with E-state index in [1.807, 2.05) is 0 Å². The van der Waals surface area contributed by atoms with Gasteiger partial charge in [0.05, 0.1) is 0 Å². The van der Waals surface area contributed by atoms with Crippen molar-refractivity contribution in [3.05, 3.63) is 28.6 Å². The van der Waals surface area contributed by atoms with Gasteiger partial charge >= 0.3 is 24.2 Å². The van der Waals surface area contributed by atoms with Gasteiger partial charge < -0.3 is 0 Å². The highest BCUT2D eigenvalue weighted by Crippen LogP contribution is 2.40. The van der Waals surface area contributed by atoms with Crippen molar-refractivity contribution in [3.63, 3.8) is 0 Å². The molecule has 138 valence electrons. The van der Waals surface area contributed by atoms with Gasteiger partial charge in [0, 0.05) is 24.2 Å². The summed E-state index contributed by atoms with van der Waals surface area (Å²) in [6, 6.07) is 0.483. The van der Waals surface area contributed by atoms with Gasteiger partial charge in [0.15, 0.2) is 0 Å². The van der Waals surface area contributed by atoms with Crippen LogP contribution in [0.1, 0.15) is 22.5 Å². The first-order valence-corrected chi connectivity index (χ1v) is 6.33. The van der Waals surface area contributed by atoms with Crippen LogP contribution in [-0.2, 0) is 12.8 Å². The maximum absolute atomic E-state index is 13.1. The van der Waals surface area contributed by atoms with Gasteiger partial charge in [0.25, 0.3) is 0 Å². The van der Waals surface area contributed by atoms with Crippen LogP contribution in [0.15, 0.2) is 6.07 Å². The normalized spacial score (nSPS) is 14.2. The van der Waals surface area contributed by atoms with Crippen LogP contribution in [0.2, 0.25) is 0 Å². The number of halogens is 10. The number of aromatic nitrogens is 1. The fourth-order valence-electron chi connectivity index (χ4n) is 1.85. The van der Waals surface area contributed by atoms with Gasteiger partial charge in [-0.1, -0.05) is 6.07 Å². The Hall–Kier alpha value is -1.55. The van der Waals surface area contributed by atoms with Gasteiger partial charge in [-0.3, -0.25) is 4.98 Å². The Morgan fingerprint density at radius 2 is 0.958 bits per heavy atom. The quantitative estimate of drug-likeness (QED) is 0.665. The van der Waals surface area contributed by atoms with Crippen molar-refractivity contribution in [2.45, 2.75) is 50.9 Å². The summed E-state index contributed by atoms with van der Waals surface area (Å²) in [5.74, 6) is -10.3. The molecule has 0 saturated carbocycles. The zero-order valence-corrected chi connectivity index (χ0v) is 12.2. The van der Waals surface area contributed by atoms with Gasteiger partial charge in [-0.05, 0) is 25.0 Å². The molecule has 0 unspecified atom stereocenters. The van der Waals surface area contributed by atoms with Crippen LogP contribution in [0, 0.1) is 13.8 Å². The second-order valence-electron chi connectivity index (χ2n) is 5.24. The average molecular weight is 371 g/mol. The summed E-state index contributed by atoms with van der Waals surface area (Å²) in [4.78, 5) is 3.50. The molecular formula is C13H11F10N. The molecule has 24 heavy (non-hydrogen) atoms. The fraction of sp³-hybridized carbons (Fsp3) is 0.615. The number of alkyl halides is 10. The highest BCUT2D eigenvalue weighted by Gasteiger charge is 2.58. The van der Waals surface area contributed by atoms with E-state index in [-0.39, 0.29) is 11.4 Å². The van der Waals surface area contributed by atoms with E-state index in [1.165, 1.54) is 0 Å². The molecule has 1 aromatic rings. The van der Waals surface area contributed by atoms with Crippen LogP contribution in [0.3, 0.4) is 0 Å². The van der Waals surface area contributed by atoms with Gasteiger partial charge in [-0.25, -0.2) is 0 Å². The number of rotatable bonds is 4. The Morgan fingerprint density at radius 3 is 1.21 bits per heavy atom. The Bertz CT molecular complexity index is 551. The van der Waals surface area contributed by atoms with E-state index in [0.717, 1.165) is 13.8 Å². The third kappa shape index (κ3) is 4.29. The van der Waals surface area contributed by atoms with E-state index in [4.69, 9.17) is 0 Å². The minimum Gasteiger partial charge on any atom is -0.258 e. The maximum Gasteiger partial charge on any atom is 0.453 e. The molecule has 0 bridgehead atoms. The van der Waals surface area contributed by atoms with Crippen LogP contribution in [0.4, 0.5) is 43.9 Å². The van der Waals surface area contributed by atoms with Crippen molar-refractivity contribution in [2.75, 3.05) is 0 Å². The summed E-state index contributed by atoms with van der Waals surface area (Å²) in [5, 5.41) is 0. The molecule has 0 aliphatic carbocycles. The second kappa shape index (κ2) is 6.07. The molecule has 1 nitrogen and oxygen atoms in total. The van der Waals surface area contributed by atoms with E-state index in [2.05, 4.69) is 4.98 Å². The van der Waals surface area contributed by atoms with Crippen molar-refractivity contribution in [2.24, 2.45) is 0 Å². The van der Waals surface area contributed by atoms with Crippen LogP contribution in [0.5, 0.6) is 0 Å². The van der Waals surface area contributed by atoms with Crippen molar-refractivity contribution in [1.29, 1.82) is 0 Å². The van der Waals surface area contributed by atoms with Gasteiger partial charge in [0.1, 0.15) is 0 Å². The zero-order valence-electron chi connectivity index (χ0n) is 12.2. The molecule has 0 radical (unpaired) electrons. The number of aryl methyl sites for hydroxylation is 2. The monoisotopic (exact) mass is 371 g/mol. The average Bonchev–Trinajstić information content (AvgIpc) is 2.31. The lowest BCUT2D eigenvalue weighted by Gasteiger charge is -2.23. The third-order valence-corrected chi connectivity index (χ3v) is 3.27.